The molecule has 0 radical (unpaired) electrons. The summed E-state index contributed by atoms with van der Waals surface area (Å²) in [7, 11) is 0. The molecule has 0 saturated carbocycles. The molecule has 1 amide bonds. The Morgan fingerprint density at radius 1 is 1.38 bits per heavy atom. The van der Waals surface area contributed by atoms with Crippen molar-refractivity contribution >= 4 is 29.1 Å². The first-order chi connectivity index (χ1) is 6.06. The molecule has 0 aromatic carbocycles. The van der Waals surface area contributed by atoms with Crippen molar-refractivity contribution in [1.29, 1.82) is 0 Å². The molecule has 0 aliphatic heterocycles. The maximum Gasteiger partial charge on any atom is 0.217 e. The van der Waals surface area contributed by atoms with E-state index in [2.05, 4.69) is 5.32 Å². The zero-order valence-electron chi connectivity index (χ0n) is 8.15. The van der Waals surface area contributed by atoms with Crippen LogP contribution < -0.4 is 5.32 Å². The Morgan fingerprint density at radius 3 is 2.38 bits per heavy atom. The van der Waals surface area contributed by atoms with Crippen LogP contribution in [-0.4, -0.2) is 23.2 Å². The molecule has 0 bridgehead atoms. The lowest BCUT2D eigenvalue weighted by molar-refractivity contribution is -0.119. The fourth-order valence-corrected chi connectivity index (χ4v) is 1.53. The Morgan fingerprint density at radius 2 is 2.00 bits per heavy atom. The summed E-state index contributed by atoms with van der Waals surface area (Å²) < 4.78 is 0. The van der Waals surface area contributed by atoms with Crippen molar-refractivity contribution in [3.63, 3.8) is 0 Å². The SMILES string of the molecule is CC(=O)N[C@@H](CCCl)CCC(C)Cl. The summed E-state index contributed by atoms with van der Waals surface area (Å²) in [4.78, 5) is 10.8. The summed E-state index contributed by atoms with van der Waals surface area (Å²) in [5.41, 5.74) is 0. The fourth-order valence-electron chi connectivity index (χ4n) is 1.14. The number of rotatable bonds is 6. The van der Waals surface area contributed by atoms with Gasteiger partial charge in [-0.3, -0.25) is 4.79 Å². The Kier molecular flexibility index (Phi) is 7.48. The summed E-state index contributed by atoms with van der Waals surface area (Å²) in [6.45, 7) is 3.47. The number of alkyl halides is 2. The third kappa shape index (κ3) is 8.38. The van der Waals surface area contributed by atoms with Crippen molar-refractivity contribution in [3.8, 4) is 0 Å². The summed E-state index contributed by atoms with van der Waals surface area (Å²) >= 11 is 11.4. The fraction of sp³-hybridized carbons (Fsp3) is 0.889. The van der Waals surface area contributed by atoms with E-state index in [1.54, 1.807) is 0 Å². The molecular weight excluding hydrogens is 209 g/mol. The minimum Gasteiger partial charge on any atom is -0.354 e. The molecule has 0 aliphatic rings. The van der Waals surface area contributed by atoms with Crippen LogP contribution in [0.2, 0.25) is 0 Å². The molecular formula is C9H17Cl2NO. The minimum absolute atomic E-state index is 0.00246. The van der Waals surface area contributed by atoms with Crippen LogP contribution in [0.3, 0.4) is 0 Å². The second-order valence-corrected chi connectivity index (χ2v) is 4.36. The van der Waals surface area contributed by atoms with Crippen molar-refractivity contribution in [2.24, 2.45) is 0 Å². The monoisotopic (exact) mass is 225 g/mol. The summed E-state index contributed by atoms with van der Waals surface area (Å²) in [5, 5.41) is 3.01. The quantitative estimate of drug-likeness (QED) is 0.693. The van der Waals surface area contributed by atoms with Gasteiger partial charge < -0.3 is 5.32 Å². The highest BCUT2D eigenvalue weighted by molar-refractivity contribution is 6.20. The molecule has 0 fully saturated rings. The van der Waals surface area contributed by atoms with Crippen LogP contribution in [0.15, 0.2) is 0 Å². The summed E-state index contributed by atoms with van der Waals surface area (Å²) in [6, 6.07) is 0.177. The molecule has 0 aromatic heterocycles. The van der Waals surface area contributed by atoms with Gasteiger partial charge in [-0.2, -0.15) is 0 Å². The van der Waals surface area contributed by atoms with Gasteiger partial charge in [0.25, 0.3) is 0 Å². The predicted molar refractivity (Wildman–Crippen MR) is 57.5 cm³/mol. The van der Waals surface area contributed by atoms with E-state index in [1.807, 2.05) is 6.92 Å². The van der Waals surface area contributed by atoms with Crippen molar-refractivity contribution in [2.75, 3.05) is 5.88 Å². The first kappa shape index (κ1) is 13.1. The van der Waals surface area contributed by atoms with Gasteiger partial charge in [-0.1, -0.05) is 0 Å². The number of hydrogen-bond acceptors (Lipinski definition) is 1. The van der Waals surface area contributed by atoms with Gasteiger partial charge in [0.15, 0.2) is 0 Å². The molecule has 0 saturated heterocycles. The molecule has 2 nitrogen and oxygen atoms in total. The summed E-state index contributed by atoms with van der Waals surface area (Å²) in [5.74, 6) is 0.569. The number of halogens is 2. The third-order valence-corrected chi connectivity index (χ3v) is 2.21. The van der Waals surface area contributed by atoms with Crippen LogP contribution in [0, 0.1) is 0 Å². The highest BCUT2D eigenvalue weighted by Crippen LogP contribution is 2.09. The smallest absolute Gasteiger partial charge is 0.217 e. The van der Waals surface area contributed by atoms with Crippen LogP contribution in [0.1, 0.15) is 33.1 Å². The largest absolute Gasteiger partial charge is 0.354 e. The number of hydrogen-bond donors (Lipinski definition) is 1. The van der Waals surface area contributed by atoms with E-state index in [0.717, 1.165) is 19.3 Å². The Bertz CT molecular complexity index is 151. The van der Waals surface area contributed by atoms with E-state index < -0.39 is 0 Å². The van der Waals surface area contributed by atoms with Gasteiger partial charge in [-0.25, -0.2) is 0 Å². The molecule has 0 aromatic rings. The maximum atomic E-state index is 10.8. The molecule has 78 valence electrons. The van der Waals surface area contributed by atoms with Crippen molar-refractivity contribution in [2.45, 2.75) is 44.5 Å². The van der Waals surface area contributed by atoms with Crippen molar-refractivity contribution in [3.05, 3.63) is 0 Å². The predicted octanol–water partition coefficient (Wildman–Crippen LogP) is 2.53. The Hall–Kier alpha value is 0.0500. The van der Waals surface area contributed by atoms with E-state index in [0.29, 0.717) is 5.88 Å². The number of carbonyl (C=O) groups is 1. The standard InChI is InChI=1S/C9H17Cl2NO/c1-7(11)3-4-9(5-6-10)12-8(2)13/h7,9H,3-6H2,1-2H3,(H,12,13)/t7?,9-/m1/s1. The average molecular weight is 226 g/mol. The van der Waals surface area contributed by atoms with E-state index in [1.165, 1.54) is 6.92 Å². The first-order valence-corrected chi connectivity index (χ1v) is 5.50. The third-order valence-electron chi connectivity index (χ3n) is 1.78. The van der Waals surface area contributed by atoms with Crippen molar-refractivity contribution in [1.82, 2.24) is 5.32 Å². The lowest BCUT2D eigenvalue weighted by Crippen LogP contribution is -2.33. The average Bonchev–Trinajstić information content (AvgIpc) is 1.99. The first-order valence-electron chi connectivity index (χ1n) is 4.53. The molecule has 0 heterocycles. The van der Waals surface area contributed by atoms with Gasteiger partial charge in [-0.15, -0.1) is 23.2 Å². The normalized spacial score (nSPS) is 15.1. The van der Waals surface area contributed by atoms with Crippen LogP contribution in [0.25, 0.3) is 0 Å². The Labute approximate surface area is 90.0 Å². The molecule has 0 aliphatic carbocycles. The van der Waals surface area contributed by atoms with Crippen LogP contribution in [0.4, 0.5) is 0 Å². The molecule has 1 unspecified atom stereocenters. The molecule has 1 N–H and O–H groups in total. The van der Waals surface area contributed by atoms with Gasteiger partial charge in [0.1, 0.15) is 0 Å². The summed E-state index contributed by atoms with van der Waals surface area (Å²) in [6.07, 6.45) is 2.62. The zero-order chi connectivity index (χ0) is 10.3. The highest BCUT2D eigenvalue weighted by Gasteiger charge is 2.10. The highest BCUT2D eigenvalue weighted by atomic mass is 35.5. The lowest BCUT2D eigenvalue weighted by Gasteiger charge is -2.16. The second kappa shape index (κ2) is 7.45. The van der Waals surface area contributed by atoms with Gasteiger partial charge >= 0.3 is 0 Å². The zero-order valence-corrected chi connectivity index (χ0v) is 9.66. The number of carbonyl (C=O) groups excluding carboxylic acids is 1. The van der Waals surface area contributed by atoms with Crippen LogP contribution in [0.5, 0.6) is 0 Å². The van der Waals surface area contributed by atoms with E-state index in [4.69, 9.17) is 23.2 Å². The van der Waals surface area contributed by atoms with Gasteiger partial charge in [0.2, 0.25) is 5.91 Å². The lowest BCUT2D eigenvalue weighted by atomic mass is 10.1. The molecule has 2 atom stereocenters. The van der Waals surface area contributed by atoms with Crippen LogP contribution >= 0.6 is 23.2 Å². The molecule has 4 heteroatoms. The maximum absolute atomic E-state index is 10.8. The van der Waals surface area contributed by atoms with Crippen LogP contribution in [-0.2, 0) is 4.79 Å². The topological polar surface area (TPSA) is 29.1 Å². The van der Waals surface area contributed by atoms with E-state index in [-0.39, 0.29) is 17.3 Å². The Balaban J connectivity index is 3.72. The van der Waals surface area contributed by atoms with E-state index in [9.17, 15) is 4.79 Å². The van der Waals surface area contributed by atoms with Gasteiger partial charge in [-0.05, 0) is 26.2 Å². The van der Waals surface area contributed by atoms with Gasteiger partial charge in [0, 0.05) is 24.2 Å². The van der Waals surface area contributed by atoms with Gasteiger partial charge in [0.05, 0.1) is 0 Å². The minimum atomic E-state index is -0.00246. The molecule has 13 heavy (non-hydrogen) atoms. The number of nitrogens with one attached hydrogen (secondary N) is 1. The second-order valence-electron chi connectivity index (χ2n) is 3.23. The van der Waals surface area contributed by atoms with E-state index >= 15 is 0 Å². The molecule has 0 rings (SSSR count). The number of amides is 1. The van der Waals surface area contributed by atoms with Crippen molar-refractivity contribution < 1.29 is 4.79 Å². The molecule has 0 spiro atoms.